The molecule has 3 heterocycles. The first-order valence-corrected chi connectivity index (χ1v) is 8.26. The summed E-state index contributed by atoms with van der Waals surface area (Å²) in [6, 6.07) is 18.5. The van der Waals surface area contributed by atoms with Crippen molar-refractivity contribution in [2.45, 2.75) is 0 Å². The minimum absolute atomic E-state index is 0.130. The molecule has 0 aliphatic heterocycles. The molecule has 0 aliphatic rings. The largest absolute Gasteiger partial charge is 0.528 e. The Bertz CT molecular complexity index is 1040. The smallest absolute Gasteiger partial charge is 0.421 e. The van der Waals surface area contributed by atoms with Gasteiger partial charge in [0.15, 0.2) is 17.4 Å². The van der Waals surface area contributed by atoms with E-state index in [-0.39, 0.29) is 11.5 Å². The average molecular weight is 355 g/mol. The van der Waals surface area contributed by atoms with E-state index in [1.165, 1.54) is 0 Å². The lowest BCUT2D eigenvalue weighted by Gasteiger charge is -2.07. The Labute approximate surface area is 155 Å². The fraction of sp³-hybridized carbons (Fsp3) is 0. The molecule has 8 heteroatoms. The highest BCUT2D eigenvalue weighted by atomic mass is 16.4. The zero-order chi connectivity index (χ0) is 18.6. The SMILES string of the molecule is OB(O)c1nc(-c2ccccc2)nc(-c2ccc(-c3ccccn3)cn2)n1. The Morgan fingerprint density at radius 2 is 1.41 bits per heavy atom. The van der Waals surface area contributed by atoms with Crippen molar-refractivity contribution in [1.29, 1.82) is 0 Å². The van der Waals surface area contributed by atoms with Crippen molar-refractivity contribution in [1.82, 2.24) is 24.9 Å². The van der Waals surface area contributed by atoms with Gasteiger partial charge in [-0.3, -0.25) is 9.97 Å². The Morgan fingerprint density at radius 3 is 2.07 bits per heavy atom. The standard InChI is InChI=1S/C19H14BN5O2/c26-20(27)19-24-17(13-6-2-1-3-7-13)23-18(25-19)16-10-9-14(12-22-16)15-8-4-5-11-21-15/h1-12,26-27H. The van der Waals surface area contributed by atoms with Crippen LogP contribution in [0.5, 0.6) is 0 Å². The molecule has 0 saturated heterocycles. The van der Waals surface area contributed by atoms with Crippen LogP contribution in [0.25, 0.3) is 34.2 Å². The second-order valence-electron chi connectivity index (χ2n) is 5.73. The van der Waals surface area contributed by atoms with Crippen LogP contribution in [0, 0.1) is 0 Å². The van der Waals surface area contributed by atoms with E-state index in [0.717, 1.165) is 16.8 Å². The lowest BCUT2D eigenvalue weighted by atomic mass is 9.90. The van der Waals surface area contributed by atoms with E-state index in [9.17, 15) is 10.0 Å². The van der Waals surface area contributed by atoms with Gasteiger partial charge in [0, 0.05) is 23.5 Å². The summed E-state index contributed by atoms with van der Waals surface area (Å²) in [5.41, 5.74) is 2.78. The first-order valence-electron chi connectivity index (χ1n) is 8.26. The minimum Gasteiger partial charge on any atom is -0.421 e. The van der Waals surface area contributed by atoms with Gasteiger partial charge in [0.2, 0.25) is 0 Å². The summed E-state index contributed by atoms with van der Waals surface area (Å²) >= 11 is 0. The first kappa shape index (κ1) is 17.0. The molecule has 0 bridgehead atoms. The Morgan fingerprint density at radius 1 is 0.630 bits per heavy atom. The third-order valence-electron chi connectivity index (χ3n) is 3.87. The van der Waals surface area contributed by atoms with E-state index in [1.807, 2.05) is 54.6 Å². The lowest BCUT2D eigenvalue weighted by Crippen LogP contribution is -2.36. The topological polar surface area (TPSA) is 105 Å². The first-order chi connectivity index (χ1) is 13.2. The summed E-state index contributed by atoms with van der Waals surface area (Å²) in [5, 5.41) is 19.1. The molecule has 0 aliphatic carbocycles. The Hall–Kier alpha value is -3.49. The van der Waals surface area contributed by atoms with Gasteiger partial charge in [-0.05, 0) is 24.3 Å². The third kappa shape index (κ3) is 3.71. The molecule has 27 heavy (non-hydrogen) atoms. The second kappa shape index (κ2) is 7.41. The number of nitrogens with zero attached hydrogens (tertiary/aromatic N) is 5. The van der Waals surface area contributed by atoms with Gasteiger partial charge in [-0.15, -0.1) is 0 Å². The van der Waals surface area contributed by atoms with Crippen LogP contribution < -0.4 is 5.72 Å². The quantitative estimate of drug-likeness (QED) is 0.532. The molecule has 0 saturated carbocycles. The maximum absolute atomic E-state index is 9.53. The molecule has 2 N–H and O–H groups in total. The van der Waals surface area contributed by atoms with E-state index >= 15 is 0 Å². The predicted octanol–water partition coefficient (Wildman–Crippen LogP) is 1.34. The maximum Gasteiger partial charge on any atom is 0.528 e. The fourth-order valence-electron chi connectivity index (χ4n) is 2.55. The van der Waals surface area contributed by atoms with Gasteiger partial charge in [-0.2, -0.15) is 0 Å². The van der Waals surface area contributed by atoms with E-state index in [4.69, 9.17) is 0 Å². The lowest BCUT2D eigenvalue weighted by molar-refractivity contribution is 0.422. The van der Waals surface area contributed by atoms with Crippen LogP contribution in [0.1, 0.15) is 0 Å². The van der Waals surface area contributed by atoms with E-state index in [0.29, 0.717) is 11.5 Å². The van der Waals surface area contributed by atoms with Crippen molar-refractivity contribution in [3.63, 3.8) is 0 Å². The molecule has 4 rings (SSSR count). The third-order valence-corrected chi connectivity index (χ3v) is 3.87. The van der Waals surface area contributed by atoms with Crippen LogP contribution in [-0.2, 0) is 0 Å². The molecular weight excluding hydrogens is 341 g/mol. The van der Waals surface area contributed by atoms with Gasteiger partial charge in [0.25, 0.3) is 0 Å². The molecule has 3 aromatic heterocycles. The predicted molar refractivity (Wildman–Crippen MR) is 102 cm³/mol. The molecule has 130 valence electrons. The number of aromatic nitrogens is 5. The van der Waals surface area contributed by atoms with Crippen molar-refractivity contribution < 1.29 is 10.0 Å². The number of pyridine rings is 2. The van der Waals surface area contributed by atoms with Crippen LogP contribution >= 0.6 is 0 Å². The highest BCUT2D eigenvalue weighted by Crippen LogP contribution is 2.20. The van der Waals surface area contributed by atoms with Crippen LogP contribution in [0.3, 0.4) is 0 Å². The summed E-state index contributed by atoms with van der Waals surface area (Å²) in [7, 11) is -1.80. The second-order valence-corrected chi connectivity index (χ2v) is 5.73. The van der Waals surface area contributed by atoms with Crippen molar-refractivity contribution >= 4 is 12.8 Å². The van der Waals surface area contributed by atoms with Crippen molar-refractivity contribution in [3.05, 3.63) is 73.1 Å². The summed E-state index contributed by atoms with van der Waals surface area (Å²) in [5.74, 6) is 0.610. The van der Waals surface area contributed by atoms with E-state index in [1.54, 1.807) is 18.5 Å². The molecule has 7 nitrogen and oxygen atoms in total. The van der Waals surface area contributed by atoms with Crippen molar-refractivity contribution in [2.24, 2.45) is 0 Å². The summed E-state index contributed by atoms with van der Waals surface area (Å²) < 4.78 is 0. The van der Waals surface area contributed by atoms with Gasteiger partial charge < -0.3 is 10.0 Å². The normalized spacial score (nSPS) is 10.6. The molecule has 0 radical (unpaired) electrons. The van der Waals surface area contributed by atoms with Crippen molar-refractivity contribution in [2.75, 3.05) is 0 Å². The summed E-state index contributed by atoms with van der Waals surface area (Å²) in [6.45, 7) is 0. The number of hydrogen-bond donors (Lipinski definition) is 2. The average Bonchev–Trinajstić information content (AvgIpc) is 2.75. The zero-order valence-electron chi connectivity index (χ0n) is 14.1. The maximum atomic E-state index is 9.53. The zero-order valence-corrected chi connectivity index (χ0v) is 14.1. The van der Waals surface area contributed by atoms with E-state index in [2.05, 4.69) is 24.9 Å². The molecule has 0 spiro atoms. The fourth-order valence-corrected chi connectivity index (χ4v) is 2.55. The van der Waals surface area contributed by atoms with E-state index < -0.39 is 7.12 Å². The van der Waals surface area contributed by atoms with Crippen molar-refractivity contribution in [3.8, 4) is 34.2 Å². The van der Waals surface area contributed by atoms with Crippen LogP contribution in [0.4, 0.5) is 0 Å². The molecule has 0 fully saturated rings. The van der Waals surface area contributed by atoms with Gasteiger partial charge in [0.05, 0.1) is 5.69 Å². The molecule has 0 unspecified atom stereocenters. The molecular formula is C19H14BN5O2. The van der Waals surface area contributed by atoms with Gasteiger partial charge in [-0.1, -0.05) is 36.4 Å². The summed E-state index contributed by atoms with van der Waals surface area (Å²) in [4.78, 5) is 21.4. The van der Waals surface area contributed by atoms with Crippen LogP contribution in [0.15, 0.2) is 73.1 Å². The van der Waals surface area contributed by atoms with Gasteiger partial charge >= 0.3 is 7.12 Å². The van der Waals surface area contributed by atoms with Gasteiger partial charge in [-0.25, -0.2) is 15.0 Å². The molecule has 4 aromatic rings. The van der Waals surface area contributed by atoms with Gasteiger partial charge in [0.1, 0.15) is 5.69 Å². The molecule has 0 amide bonds. The molecule has 1 aromatic carbocycles. The Balaban J connectivity index is 1.76. The van der Waals surface area contributed by atoms with Crippen LogP contribution in [-0.4, -0.2) is 42.1 Å². The highest BCUT2D eigenvalue weighted by Gasteiger charge is 2.20. The number of benzene rings is 1. The molecule has 0 atom stereocenters. The number of hydrogen-bond acceptors (Lipinski definition) is 7. The van der Waals surface area contributed by atoms with Crippen LogP contribution in [0.2, 0.25) is 0 Å². The Kier molecular flexibility index (Phi) is 4.65. The number of rotatable bonds is 4. The monoisotopic (exact) mass is 355 g/mol. The summed E-state index contributed by atoms with van der Waals surface area (Å²) in [6.07, 6.45) is 3.40. The minimum atomic E-state index is -1.80. The highest BCUT2D eigenvalue weighted by molar-refractivity contribution is 6.56.